The van der Waals surface area contributed by atoms with Gasteiger partial charge < -0.3 is 4.74 Å². The molecule has 0 saturated carbocycles. The number of hydrogen-bond acceptors (Lipinski definition) is 6. The summed E-state index contributed by atoms with van der Waals surface area (Å²) in [6.07, 6.45) is 1.32. The van der Waals surface area contributed by atoms with Gasteiger partial charge >= 0.3 is 5.97 Å². The van der Waals surface area contributed by atoms with Crippen molar-refractivity contribution in [1.82, 2.24) is 19.8 Å². The second-order valence-corrected chi connectivity index (χ2v) is 5.31. The van der Waals surface area contributed by atoms with Gasteiger partial charge in [0.25, 0.3) is 0 Å². The van der Waals surface area contributed by atoms with Crippen molar-refractivity contribution in [3.05, 3.63) is 10.8 Å². The minimum Gasteiger partial charge on any atom is -0.465 e. The molecule has 0 amide bonds. The number of fused-ring (bicyclic) bond motifs is 1. The lowest BCUT2D eigenvalue weighted by Gasteiger charge is -2.26. The molecule has 19 heavy (non-hydrogen) atoms. The van der Waals surface area contributed by atoms with Crippen molar-refractivity contribution in [2.24, 2.45) is 0 Å². The molecule has 0 radical (unpaired) electrons. The molecule has 0 spiro atoms. The summed E-state index contributed by atoms with van der Waals surface area (Å²) in [5, 5.41) is 13.3. The van der Waals surface area contributed by atoms with Crippen LogP contribution in [0.2, 0.25) is 0 Å². The molecule has 0 aliphatic carbocycles. The Balaban J connectivity index is 2.51. The van der Waals surface area contributed by atoms with E-state index >= 15 is 0 Å². The van der Waals surface area contributed by atoms with E-state index in [0.29, 0.717) is 24.4 Å². The van der Waals surface area contributed by atoms with Crippen LogP contribution in [0.25, 0.3) is 4.96 Å². The fourth-order valence-corrected chi connectivity index (χ4v) is 3.31. The van der Waals surface area contributed by atoms with E-state index in [0.717, 1.165) is 10.8 Å². The maximum absolute atomic E-state index is 12.3. The van der Waals surface area contributed by atoms with Gasteiger partial charge in [0.2, 0.25) is 4.96 Å². The smallest absolute Gasteiger partial charge is 0.319 e. The highest BCUT2D eigenvalue weighted by atomic mass is 32.1. The van der Waals surface area contributed by atoms with Crippen LogP contribution in [0.1, 0.15) is 44.4 Å². The first-order valence-electron chi connectivity index (χ1n) is 6.45. The third kappa shape index (κ3) is 2.11. The Hall–Kier alpha value is -1.50. The average Bonchev–Trinajstić information content (AvgIpc) is 2.96. The zero-order valence-electron chi connectivity index (χ0n) is 11.6. The van der Waals surface area contributed by atoms with Crippen LogP contribution in [-0.4, -0.2) is 32.4 Å². The fraction of sp³-hybridized carbons (Fsp3) is 0.667. The zero-order chi connectivity index (χ0) is 14.0. The molecule has 0 aliphatic rings. The summed E-state index contributed by atoms with van der Waals surface area (Å²) in [5.41, 5.74) is -0.673. The number of hydrogen-bond donors (Lipinski definition) is 0. The molecule has 2 aromatic rings. The number of esters is 1. The Bertz CT molecular complexity index is 586. The molecule has 2 rings (SSSR count). The van der Waals surface area contributed by atoms with E-state index in [1.807, 2.05) is 27.7 Å². The third-order valence-corrected chi connectivity index (χ3v) is 4.53. The van der Waals surface area contributed by atoms with Gasteiger partial charge in [0.05, 0.1) is 6.61 Å². The van der Waals surface area contributed by atoms with E-state index in [1.165, 1.54) is 11.3 Å². The van der Waals surface area contributed by atoms with Gasteiger partial charge in [-0.3, -0.25) is 4.79 Å². The molecule has 0 atom stereocenters. The molecule has 0 N–H and O–H groups in total. The van der Waals surface area contributed by atoms with Gasteiger partial charge in [0, 0.05) is 0 Å². The summed E-state index contributed by atoms with van der Waals surface area (Å²) < 4.78 is 6.91. The molecule has 104 valence electrons. The Morgan fingerprint density at radius 2 is 2.00 bits per heavy atom. The summed E-state index contributed by atoms with van der Waals surface area (Å²) in [7, 11) is 0. The second-order valence-electron chi connectivity index (χ2n) is 4.36. The number of ether oxygens (including phenoxy) is 1. The van der Waals surface area contributed by atoms with Gasteiger partial charge in [0.15, 0.2) is 5.82 Å². The second kappa shape index (κ2) is 5.24. The summed E-state index contributed by atoms with van der Waals surface area (Å²) in [6.45, 7) is 8.00. The van der Waals surface area contributed by atoms with Crippen LogP contribution in [-0.2, 0) is 14.9 Å². The van der Waals surface area contributed by atoms with Crippen molar-refractivity contribution >= 4 is 22.3 Å². The summed E-state index contributed by atoms with van der Waals surface area (Å²) in [4.78, 5) is 13.0. The summed E-state index contributed by atoms with van der Waals surface area (Å²) in [6, 6.07) is 0. The van der Waals surface area contributed by atoms with E-state index in [1.54, 1.807) is 4.52 Å². The molecule has 2 aromatic heterocycles. The lowest BCUT2D eigenvalue weighted by atomic mass is 9.83. The van der Waals surface area contributed by atoms with Gasteiger partial charge in [-0.2, -0.15) is 9.61 Å². The van der Waals surface area contributed by atoms with Crippen LogP contribution in [0.5, 0.6) is 0 Å². The largest absolute Gasteiger partial charge is 0.465 e. The number of rotatable bonds is 5. The Morgan fingerprint density at radius 3 is 2.53 bits per heavy atom. The molecular weight excluding hydrogens is 264 g/mol. The SMILES string of the molecule is CCOC(=O)C(CC)(CC)c1nn2c(C)nnc2s1. The van der Waals surface area contributed by atoms with E-state index in [-0.39, 0.29) is 5.97 Å². The average molecular weight is 282 g/mol. The minimum absolute atomic E-state index is 0.206. The molecule has 2 heterocycles. The first kappa shape index (κ1) is 13.9. The van der Waals surface area contributed by atoms with Crippen molar-refractivity contribution in [3.63, 3.8) is 0 Å². The number of carbonyl (C=O) groups excluding carboxylic acids is 1. The minimum atomic E-state index is -0.673. The fourth-order valence-electron chi connectivity index (χ4n) is 2.11. The molecule has 7 heteroatoms. The quantitative estimate of drug-likeness (QED) is 0.786. The predicted octanol–water partition coefficient (Wildman–Crippen LogP) is 2.12. The standard InChI is InChI=1S/C12H18N4O2S/c1-5-12(6-2,10(17)18-7-3)9-15-16-8(4)13-14-11(16)19-9/h5-7H2,1-4H3. The molecule has 0 bridgehead atoms. The van der Waals surface area contributed by atoms with Crippen molar-refractivity contribution < 1.29 is 9.53 Å². The van der Waals surface area contributed by atoms with Gasteiger partial charge in [-0.15, -0.1) is 10.2 Å². The van der Waals surface area contributed by atoms with Crippen LogP contribution in [0.3, 0.4) is 0 Å². The summed E-state index contributed by atoms with van der Waals surface area (Å²) >= 11 is 1.41. The van der Waals surface area contributed by atoms with Crippen molar-refractivity contribution in [2.45, 2.75) is 46.0 Å². The molecule has 6 nitrogen and oxygen atoms in total. The Morgan fingerprint density at radius 1 is 1.32 bits per heavy atom. The molecular formula is C12H18N4O2S. The normalized spacial score (nSPS) is 12.0. The van der Waals surface area contributed by atoms with E-state index < -0.39 is 5.41 Å². The van der Waals surface area contributed by atoms with Gasteiger partial charge in [-0.05, 0) is 26.7 Å². The molecule has 0 saturated heterocycles. The van der Waals surface area contributed by atoms with Crippen molar-refractivity contribution in [1.29, 1.82) is 0 Å². The highest BCUT2D eigenvalue weighted by Crippen LogP contribution is 2.35. The lowest BCUT2D eigenvalue weighted by Crippen LogP contribution is -2.36. The van der Waals surface area contributed by atoms with Crippen LogP contribution in [0, 0.1) is 6.92 Å². The lowest BCUT2D eigenvalue weighted by molar-refractivity contribution is -0.150. The molecule has 0 aromatic carbocycles. The van der Waals surface area contributed by atoms with Gasteiger partial charge in [-0.25, -0.2) is 0 Å². The zero-order valence-corrected chi connectivity index (χ0v) is 12.5. The first-order valence-corrected chi connectivity index (χ1v) is 7.27. The van der Waals surface area contributed by atoms with Gasteiger partial charge in [-0.1, -0.05) is 25.2 Å². The number of carbonyl (C=O) groups is 1. The Labute approximate surface area is 115 Å². The highest BCUT2D eigenvalue weighted by molar-refractivity contribution is 7.16. The Kier molecular flexibility index (Phi) is 3.84. The predicted molar refractivity (Wildman–Crippen MR) is 72.3 cm³/mol. The number of aromatic nitrogens is 4. The van der Waals surface area contributed by atoms with E-state index in [9.17, 15) is 4.79 Å². The monoisotopic (exact) mass is 282 g/mol. The maximum Gasteiger partial charge on any atom is 0.319 e. The van der Waals surface area contributed by atoms with Crippen LogP contribution in [0.4, 0.5) is 0 Å². The van der Waals surface area contributed by atoms with E-state index in [2.05, 4.69) is 15.3 Å². The molecule has 0 unspecified atom stereocenters. The van der Waals surface area contributed by atoms with Crippen molar-refractivity contribution in [3.8, 4) is 0 Å². The third-order valence-electron chi connectivity index (χ3n) is 3.43. The number of aryl methyl sites for hydroxylation is 1. The van der Waals surface area contributed by atoms with Crippen molar-refractivity contribution in [2.75, 3.05) is 6.61 Å². The highest BCUT2D eigenvalue weighted by Gasteiger charge is 2.42. The number of nitrogens with zero attached hydrogens (tertiary/aromatic N) is 4. The van der Waals surface area contributed by atoms with Crippen LogP contribution >= 0.6 is 11.3 Å². The molecule has 0 aliphatic heterocycles. The van der Waals surface area contributed by atoms with E-state index in [4.69, 9.17) is 4.74 Å². The summed E-state index contributed by atoms with van der Waals surface area (Å²) in [5.74, 6) is 0.519. The molecule has 0 fully saturated rings. The van der Waals surface area contributed by atoms with Crippen LogP contribution < -0.4 is 0 Å². The maximum atomic E-state index is 12.3. The first-order chi connectivity index (χ1) is 9.08. The van der Waals surface area contributed by atoms with Crippen LogP contribution in [0.15, 0.2) is 0 Å². The topological polar surface area (TPSA) is 69.4 Å². The van der Waals surface area contributed by atoms with Gasteiger partial charge in [0.1, 0.15) is 10.4 Å².